The molecular weight excluding hydrogens is 236 g/mol. The molecule has 0 heterocycles. The minimum Gasteiger partial charge on any atom is -0.411 e. The van der Waals surface area contributed by atoms with Gasteiger partial charge in [0.1, 0.15) is 0 Å². The first-order valence-electron chi connectivity index (χ1n) is 6.10. The van der Waals surface area contributed by atoms with Gasteiger partial charge < -0.3 is 4.43 Å². The molecule has 0 N–H and O–H groups in total. The summed E-state index contributed by atoms with van der Waals surface area (Å²) in [7, 11) is -0.325. The Hall–Kier alpha value is -1.64. The molecule has 0 radical (unpaired) electrons. The van der Waals surface area contributed by atoms with Crippen molar-refractivity contribution in [3.05, 3.63) is 73.3 Å². The van der Waals surface area contributed by atoms with Gasteiger partial charge in [-0.3, -0.25) is 0 Å². The molecule has 92 valence electrons. The van der Waals surface area contributed by atoms with E-state index >= 15 is 0 Å². The summed E-state index contributed by atoms with van der Waals surface area (Å²) in [6.45, 7) is 3.90. The average molecular weight is 254 g/mol. The normalized spacial score (nSPS) is 11.2. The zero-order valence-corrected chi connectivity index (χ0v) is 11.7. The molecule has 0 aliphatic rings. The fourth-order valence-corrected chi connectivity index (χ4v) is 5.65. The van der Waals surface area contributed by atoms with Crippen LogP contribution in [0, 0.1) is 0 Å². The summed E-state index contributed by atoms with van der Waals surface area (Å²) in [5.74, 6) is 0. The second-order valence-corrected chi connectivity index (χ2v) is 7.88. The first-order chi connectivity index (χ1) is 8.83. The lowest BCUT2D eigenvalue weighted by Gasteiger charge is -2.29. The van der Waals surface area contributed by atoms with Crippen molar-refractivity contribution in [2.45, 2.75) is 6.04 Å². The fourth-order valence-electron chi connectivity index (χ4n) is 2.34. The van der Waals surface area contributed by atoms with Crippen LogP contribution in [0.15, 0.2) is 73.3 Å². The van der Waals surface area contributed by atoms with E-state index in [9.17, 15) is 0 Å². The van der Waals surface area contributed by atoms with Crippen LogP contribution in [0.1, 0.15) is 0 Å². The Morgan fingerprint density at radius 3 is 1.72 bits per heavy atom. The molecule has 0 amide bonds. The van der Waals surface area contributed by atoms with Crippen LogP contribution in [-0.2, 0) is 4.43 Å². The van der Waals surface area contributed by atoms with Gasteiger partial charge >= 0.3 is 0 Å². The molecule has 2 aromatic rings. The van der Waals surface area contributed by atoms with Gasteiger partial charge in [-0.2, -0.15) is 0 Å². The smallest absolute Gasteiger partial charge is 0.258 e. The zero-order valence-electron chi connectivity index (χ0n) is 10.7. The van der Waals surface area contributed by atoms with Crippen LogP contribution in [0.25, 0.3) is 0 Å². The highest BCUT2D eigenvalue weighted by atomic mass is 28.4. The second-order valence-electron chi connectivity index (χ2n) is 4.26. The first-order valence-corrected chi connectivity index (χ1v) is 8.22. The van der Waals surface area contributed by atoms with E-state index in [0.717, 1.165) is 6.04 Å². The Morgan fingerprint density at radius 1 is 0.944 bits per heavy atom. The summed E-state index contributed by atoms with van der Waals surface area (Å²) < 4.78 is 6.02. The van der Waals surface area contributed by atoms with Gasteiger partial charge in [0.05, 0.1) is 0 Å². The van der Waals surface area contributed by atoms with Gasteiger partial charge in [-0.25, -0.2) is 0 Å². The third-order valence-electron chi connectivity index (χ3n) is 3.26. The van der Waals surface area contributed by atoms with Crippen molar-refractivity contribution in [1.29, 1.82) is 0 Å². The van der Waals surface area contributed by atoms with Crippen molar-refractivity contribution in [3.8, 4) is 0 Å². The lowest BCUT2D eigenvalue weighted by molar-refractivity contribution is 0.418. The lowest BCUT2D eigenvalue weighted by atomic mass is 10.4. The number of benzene rings is 2. The summed E-state index contributed by atoms with van der Waals surface area (Å²) in [5.41, 5.74) is 0. The molecule has 2 rings (SSSR count). The van der Waals surface area contributed by atoms with E-state index in [1.54, 1.807) is 0 Å². The number of rotatable bonds is 5. The minimum atomic E-state index is -2.14. The van der Waals surface area contributed by atoms with Gasteiger partial charge in [-0.05, 0) is 16.4 Å². The van der Waals surface area contributed by atoms with Crippen molar-refractivity contribution in [2.24, 2.45) is 0 Å². The Labute approximate surface area is 110 Å². The lowest BCUT2D eigenvalue weighted by Crippen LogP contribution is -2.59. The van der Waals surface area contributed by atoms with E-state index in [2.05, 4.69) is 55.1 Å². The third-order valence-corrected chi connectivity index (χ3v) is 7.35. The molecule has 0 unspecified atom stereocenters. The van der Waals surface area contributed by atoms with E-state index in [1.165, 1.54) is 10.4 Å². The highest BCUT2D eigenvalue weighted by Crippen LogP contribution is 2.12. The molecule has 2 aromatic carbocycles. The molecule has 1 nitrogen and oxygen atoms in total. The van der Waals surface area contributed by atoms with Crippen LogP contribution >= 0.6 is 0 Å². The molecule has 0 saturated carbocycles. The van der Waals surface area contributed by atoms with Crippen molar-refractivity contribution >= 4 is 18.7 Å². The largest absolute Gasteiger partial charge is 0.411 e. The predicted octanol–water partition coefficient (Wildman–Crippen LogP) is 2.58. The molecule has 18 heavy (non-hydrogen) atoms. The summed E-state index contributed by atoms with van der Waals surface area (Å²) in [5, 5.41) is 2.58. The quantitative estimate of drug-likeness (QED) is 0.588. The van der Waals surface area contributed by atoms with Crippen molar-refractivity contribution in [2.75, 3.05) is 7.11 Å². The monoisotopic (exact) mass is 254 g/mol. The minimum absolute atomic E-state index is 0.886. The van der Waals surface area contributed by atoms with Crippen LogP contribution in [0.3, 0.4) is 0 Å². The molecular formula is C16H18OSi. The maximum absolute atomic E-state index is 6.02. The second kappa shape index (κ2) is 5.80. The molecule has 2 heteroatoms. The summed E-state index contributed by atoms with van der Waals surface area (Å²) >= 11 is 0. The van der Waals surface area contributed by atoms with Crippen molar-refractivity contribution in [3.63, 3.8) is 0 Å². The predicted molar refractivity (Wildman–Crippen MR) is 79.9 cm³/mol. The molecule has 0 atom stereocenters. The molecule has 0 saturated heterocycles. The highest BCUT2D eigenvalue weighted by Gasteiger charge is 2.36. The fraction of sp³-hybridized carbons (Fsp3) is 0.125. The van der Waals surface area contributed by atoms with Crippen LogP contribution in [0.5, 0.6) is 0 Å². The molecule has 0 aromatic heterocycles. The van der Waals surface area contributed by atoms with Crippen molar-refractivity contribution in [1.82, 2.24) is 0 Å². The van der Waals surface area contributed by atoms with Crippen LogP contribution < -0.4 is 10.4 Å². The van der Waals surface area contributed by atoms with E-state index in [-0.39, 0.29) is 0 Å². The first kappa shape index (κ1) is 12.8. The van der Waals surface area contributed by atoms with Gasteiger partial charge in [0, 0.05) is 7.11 Å². The number of hydrogen-bond acceptors (Lipinski definition) is 1. The van der Waals surface area contributed by atoms with E-state index in [1.807, 2.05) is 25.3 Å². The Morgan fingerprint density at radius 2 is 1.39 bits per heavy atom. The van der Waals surface area contributed by atoms with Crippen LogP contribution in [-0.4, -0.2) is 15.4 Å². The van der Waals surface area contributed by atoms with Gasteiger partial charge in [0.15, 0.2) is 0 Å². The number of allylic oxidation sites excluding steroid dienone is 1. The number of hydrogen-bond donors (Lipinski definition) is 0. The zero-order chi connectivity index (χ0) is 12.8. The molecule has 0 spiro atoms. The van der Waals surface area contributed by atoms with Gasteiger partial charge in [-0.15, -0.1) is 6.58 Å². The summed E-state index contributed by atoms with van der Waals surface area (Å²) in [6, 6.07) is 21.9. The standard InChI is InChI=1S/C16H18OSi/c1-3-14-18(17-2,15-10-6-4-7-11-15)16-12-8-5-9-13-16/h3-13H,1,14H2,2H3. The Balaban J connectivity index is 2.57. The van der Waals surface area contributed by atoms with E-state index in [0.29, 0.717) is 0 Å². The molecule has 0 aliphatic heterocycles. The average Bonchev–Trinajstić information content (AvgIpc) is 2.47. The maximum Gasteiger partial charge on any atom is 0.258 e. The Bertz CT molecular complexity index is 454. The third kappa shape index (κ3) is 2.30. The molecule has 0 bridgehead atoms. The van der Waals surface area contributed by atoms with Gasteiger partial charge in [0.25, 0.3) is 8.32 Å². The van der Waals surface area contributed by atoms with E-state index < -0.39 is 8.32 Å². The van der Waals surface area contributed by atoms with Crippen molar-refractivity contribution < 1.29 is 4.43 Å². The summed E-state index contributed by atoms with van der Waals surface area (Å²) in [4.78, 5) is 0. The van der Waals surface area contributed by atoms with Crippen LogP contribution in [0.4, 0.5) is 0 Å². The van der Waals surface area contributed by atoms with Crippen LogP contribution in [0.2, 0.25) is 6.04 Å². The topological polar surface area (TPSA) is 9.23 Å². The highest BCUT2D eigenvalue weighted by molar-refractivity contribution is 6.97. The molecule has 0 aliphatic carbocycles. The summed E-state index contributed by atoms with van der Waals surface area (Å²) in [6.07, 6.45) is 1.97. The molecule has 0 fully saturated rings. The SMILES string of the molecule is C=CC[Si](OC)(c1ccccc1)c1ccccc1. The van der Waals surface area contributed by atoms with Gasteiger partial charge in [-0.1, -0.05) is 66.7 Å². The van der Waals surface area contributed by atoms with Gasteiger partial charge in [0.2, 0.25) is 0 Å². The van der Waals surface area contributed by atoms with E-state index in [4.69, 9.17) is 4.43 Å². The maximum atomic E-state index is 6.02. The Kier molecular flexibility index (Phi) is 4.13.